The van der Waals surface area contributed by atoms with Crippen molar-refractivity contribution in [2.24, 2.45) is 5.41 Å². The van der Waals surface area contributed by atoms with E-state index < -0.39 is 0 Å². The molecule has 1 heterocycles. The van der Waals surface area contributed by atoms with E-state index in [1.54, 1.807) is 0 Å². The molecule has 0 aliphatic rings. The van der Waals surface area contributed by atoms with Gasteiger partial charge < -0.3 is 16.0 Å². The summed E-state index contributed by atoms with van der Waals surface area (Å²) >= 11 is 0. The van der Waals surface area contributed by atoms with E-state index in [-0.39, 0.29) is 16.9 Å². The van der Waals surface area contributed by atoms with Gasteiger partial charge in [0, 0.05) is 10.9 Å². The van der Waals surface area contributed by atoms with Gasteiger partial charge >= 0.3 is 0 Å². The molecule has 1 aromatic carbocycles. The van der Waals surface area contributed by atoms with Crippen LogP contribution in [0.25, 0.3) is 10.9 Å². The fraction of sp³-hybridized carbons (Fsp3) is 0.471. The van der Waals surface area contributed by atoms with Gasteiger partial charge in [-0.2, -0.15) is 0 Å². The second-order valence-electron chi connectivity index (χ2n) is 7.57. The molecule has 0 saturated heterocycles. The number of hydrogen-bond donors (Lipinski definition) is 3. The van der Waals surface area contributed by atoms with Crippen molar-refractivity contribution in [1.82, 2.24) is 10.3 Å². The van der Waals surface area contributed by atoms with Gasteiger partial charge in [-0.15, -0.1) is 0 Å². The van der Waals surface area contributed by atoms with E-state index in [4.69, 9.17) is 5.73 Å². The number of amides is 1. The van der Waals surface area contributed by atoms with Crippen molar-refractivity contribution >= 4 is 22.5 Å². The zero-order valence-corrected chi connectivity index (χ0v) is 13.5. The van der Waals surface area contributed by atoms with Gasteiger partial charge in [-0.05, 0) is 37.8 Å². The number of nitrogens with one attached hydrogen (secondary N) is 2. The predicted octanol–water partition coefficient (Wildman–Crippen LogP) is 3.69. The first-order valence-corrected chi connectivity index (χ1v) is 7.27. The smallest absolute Gasteiger partial charge is 0.268 e. The van der Waals surface area contributed by atoms with Crippen LogP contribution in [-0.2, 0) is 0 Å². The summed E-state index contributed by atoms with van der Waals surface area (Å²) in [5.74, 6) is -0.0974. The van der Waals surface area contributed by atoms with Gasteiger partial charge in [-0.25, -0.2) is 0 Å². The zero-order valence-electron chi connectivity index (χ0n) is 13.5. The maximum Gasteiger partial charge on any atom is 0.268 e. The number of hydrogen-bond acceptors (Lipinski definition) is 2. The molecule has 21 heavy (non-hydrogen) atoms. The van der Waals surface area contributed by atoms with Crippen LogP contribution in [0.5, 0.6) is 0 Å². The van der Waals surface area contributed by atoms with E-state index in [1.807, 2.05) is 38.1 Å². The van der Waals surface area contributed by atoms with Gasteiger partial charge in [-0.1, -0.05) is 32.9 Å². The monoisotopic (exact) mass is 287 g/mol. The van der Waals surface area contributed by atoms with Crippen molar-refractivity contribution < 1.29 is 4.79 Å². The number of para-hydroxylation sites is 1. The standard InChI is InChI=1S/C17H25N3O/c1-16(2,3)10-17(4,5)20-15(21)13-9-11-7-6-8-12(18)14(11)19-13/h6-9,19H,10,18H2,1-5H3,(H,20,21). The Morgan fingerprint density at radius 2 is 1.90 bits per heavy atom. The van der Waals surface area contributed by atoms with Crippen LogP contribution in [0.4, 0.5) is 5.69 Å². The molecule has 114 valence electrons. The maximum absolute atomic E-state index is 12.4. The Morgan fingerprint density at radius 3 is 2.48 bits per heavy atom. The molecule has 4 N–H and O–H groups in total. The summed E-state index contributed by atoms with van der Waals surface area (Å²) in [6.07, 6.45) is 0.897. The first-order chi connectivity index (χ1) is 9.57. The van der Waals surface area contributed by atoms with Crippen LogP contribution in [0.2, 0.25) is 0 Å². The average molecular weight is 287 g/mol. The van der Waals surface area contributed by atoms with Gasteiger partial charge in [0.25, 0.3) is 5.91 Å². The van der Waals surface area contributed by atoms with Crippen LogP contribution >= 0.6 is 0 Å². The van der Waals surface area contributed by atoms with Gasteiger partial charge in [0.05, 0.1) is 11.2 Å². The predicted molar refractivity (Wildman–Crippen MR) is 88.3 cm³/mol. The highest BCUT2D eigenvalue weighted by molar-refractivity contribution is 6.01. The van der Waals surface area contributed by atoms with Crippen LogP contribution < -0.4 is 11.1 Å². The number of aromatic nitrogens is 1. The second kappa shape index (κ2) is 5.10. The van der Waals surface area contributed by atoms with Crippen LogP contribution in [0.1, 0.15) is 51.5 Å². The molecule has 0 aliphatic heterocycles. The number of carbonyl (C=O) groups is 1. The van der Waals surface area contributed by atoms with Gasteiger partial charge in [0.1, 0.15) is 5.69 Å². The van der Waals surface area contributed by atoms with Gasteiger partial charge in [0.2, 0.25) is 0 Å². The maximum atomic E-state index is 12.4. The van der Waals surface area contributed by atoms with Crippen molar-refractivity contribution in [1.29, 1.82) is 0 Å². The lowest BCUT2D eigenvalue weighted by molar-refractivity contribution is 0.0887. The van der Waals surface area contributed by atoms with E-state index >= 15 is 0 Å². The number of benzene rings is 1. The number of aromatic amines is 1. The quantitative estimate of drug-likeness (QED) is 0.753. The first kappa shape index (κ1) is 15.4. The fourth-order valence-corrected chi connectivity index (χ4v) is 3.05. The van der Waals surface area contributed by atoms with E-state index in [0.717, 1.165) is 17.3 Å². The summed E-state index contributed by atoms with van der Waals surface area (Å²) in [5, 5.41) is 4.05. The minimum Gasteiger partial charge on any atom is -0.397 e. The molecule has 4 heteroatoms. The summed E-state index contributed by atoms with van der Waals surface area (Å²) in [6.45, 7) is 10.6. The lowest BCUT2D eigenvalue weighted by atomic mass is 9.82. The minimum atomic E-state index is -0.266. The Morgan fingerprint density at radius 1 is 1.24 bits per heavy atom. The second-order valence-corrected chi connectivity index (χ2v) is 7.57. The van der Waals surface area contributed by atoms with Crippen molar-refractivity contribution in [3.8, 4) is 0 Å². The zero-order chi connectivity index (χ0) is 15.8. The molecular weight excluding hydrogens is 262 g/mol. The van der Waals surface area contributed by atoms with Crippen LogP contribution in [0.15, 0.2) is 24.3 Å². The molecule has 0 aliphatic carbocycles. The molecular formula is C17H25N3O. The highest BCUT2D eigenvalue weighted by Gasteiger charge is 2.27. The van der Waals surface area contributed by atoms with Crippen molar-refractivity contribution in [3.63, 3.8) is 0 Å². The molecule has 1 amide bonds. The SMILES string of the molecule is CC(C)(C)CC(C)(C)NC(=O)c1cc2cccc(N)c2[nH]1. The Bertz CT molecular complexity index is 662. The molecule has 0 fully saturated rings. The third-order valence-electron chi connectivity index (χ3n) is 3.36. The molecule has 0 radical (unpaired) electrons. The normalized spacial score (nSPS) is 12.6. The van der Waals surface area contributed by atoms with E-state index in [9.17, 15) is 4.79 Å². The Balaban J connectivity index is 2.21. The highest BCUT2D eigenvalue weighted by Crippen LogP contribution is 2.27. The average Bonchev–Trinajstić information content (AvgIpc) is 2.70. The third-order valence-corrected chi connectivity index (χ3v) is 3.36. The first-order valence-electron chi connectivity index (χ1n) is 7.27. The largest absolute Gasteiger partial charge is 0.397 e. The molecule has 1 aromatic heterocycles. The molecule has 0 spiro atoms. The van der Waals surface area contributed by atoms with Crippen LogP contribution in [0, 0.1) is 5.41 Å². The van der Waals surface area contributed by atoms with E-state index in [1.165, 1.54) is 0 Å². The van der Waals surface area contributed by atoms with Crippen molar-refractivity contribution in [2.75, 3.05) is 5.73 Å². The third kappa shape index (κ3) is 3.78. The van der Waals surface area contributed by atoms with Gasteiger partial charge in [0.15, 0.2) is 0 Å². The number of rotatable bonds is 3. The number of H-pyrrole nitrogens is 1. The Hall–Kier alpha value is -1.97. The molecule has 0 atom stereocenters. The van der Waals surface area contributed by atoms with E-state index in [0.29, 0.717) is 11.4 Å². The number of nitrogen functional groups attached to an aromatic ring is 1. The molecule has 2 aromatic rings. The number of fused-ring (bicyclic) bond motifs is 1. The molecule has 0 saturated carbocycles. The summed E-state index contributed by atoms with van der Waals surface area (Å²) in [7, 11) is 0. The number of nitrogens with two attached hydrogens (primary N) is 1. The summed E-state index contributed by atoms with van der Waals surface area (Å²) < 4.78 is 0. The van der Waals surface area contributed by atoms with E-state index in [2.05, 4.69) is 31.1 Å². The van der Waals surface area contributed by atoms with Crippen molar-refractivity contribution in [3.05, 3.63) is 30.0 Å². The Labute approximate surface area is 126 Å². The number of anilines is 1. The summed E-state index contributed by atoms with van der Waals surface area (Å²) in [6, 6.07) is 7.49. The molecule has 0 unspecified atom stereocenters. The fourth-order valence-electron chi connectivity index (χ4n) is 3.05. The highest BCUT2D eigenvalue weighted by atomic mass is 16.2. The van der Waals surface area contributed by atoms with Crippen LogP contribution in [0.3, 0.4) is 0 Å². The topological polar surface area (TPSA) is 70.9 Å². The Kier molecular flexibility index (Phi) is 3.74. The lowest BCUT2D eigenvalue weighted by Gasteiger charge is -2.33. The van der Waals surface area contributed by atoms with Crippen molar-refractivity contribution in [2.45, 2.75) is 46.6 Å². The molecule has 4 nitrogen and oxygen atoms in total. The van der Waals surface area contributed by atoms with Crippen LogP contribution in [-0.4, -0.2) is 16.4 Å². The van der Waals surface area contributed by atoms with Gasteiger partial charge in [-0.3, -0.25) is 4.79 Å². The lowest BCUT2D eigenvalue weighted by Crippen LogP contribution is -2.45. The molecule has 0 bridgehead atoms. The summed E-state index contributed by atoms with van der Waals surface area (Å²) in [4.78, 5) is 15.6. The summed E-state index contributed by atoms with van der Waals surface area (Å²) in [5.41, 5.74) is 7.82. The molecule has 2 rings (SSSR count). The number of carbonyl (C=O) groups excluding carboxylic acids is 1. The minimum absolute atomic E-state index is 0.0974.